The van der Waals surface area contributed by atoms with E-state index in [0.29, 0.717) is 0 Å². The monoisotopic (exact) mass is 851 g/mol. The van der Waals surface area contributed by atoms with Gasteiger partial charge in [0.05, 0.1) is 11.2 Å². The van der Waals surface area contributed by atoms with Crippen LogP contribution in [0.15, 0.2) is 140 Å². The van der Waals surface area contributed by atoms with Gasteiger partial charge in [0.1, 0.15) is 0 Å². The van der Waals surface area contributed by atoms with Gasteiger partial charge in [-0.15, -0.1) is 11.3 Å². The van der Waals surface area contributed by atoms with Crippen LogP contribution in [0.5, 0.6) is 0 Å². The highest BCUT2D eigenvalue weighted by molar-refractivity contribution is 7.26. The fourth-order valence-corrected chi connectivity index (χ4v) is 13.5. The van der Waals surface area contributed by atoms with Crippen molar-refractivity contribution in [2.75, 3.05) is 14.7 Å². The Morgan fingerprint density at radius 2 is 1.17 bits per heavy atom. The Kier molecular flexibility index (Phi) is 8.47. The number of aryl methyl sites for hydroxylation is 1. The molecule has 1 aromatic heterocycles. The van der Waals surface area contributed by atoms with Gasteiger partial charge in [0.2, 0.25) is 0 Å². The van der Waals surface area contributed by atoms with E-state index < -0.39 is 0 Å². The molecule has 4 aliphatic rings. The Morgan fingerprint density at radius 1 is 0.531 bits per heavy atom. The standard InChI is InChI=1S/C59H58BN3S/c1-37-32-50-55-51(33-37)62(47-23-17-25-53-54(47)42-20-10-13-24-52(42)64-53)49-36-41(63-46-22-12-11-21-43(46)58(8)30-14-15-31-59(58,63)9)27-29-45(49)60(55)44-28-26-39(57(5,6)7)35-48(44)61(50)40-19-16-18-38(34-40)56(2,3)4/h10-13,16-29,32-36H,14-15,30-31H2,1-9H3. The van der Waals surface area contributed by atoms with E-state index in [1.165, 1.54) is 130 Å². The fourth-order valence-electron chi connectivity index (χ4n) is 12.4. The molecule has 0 bridgehead atoms. The highest BCUT2D eigenvalue weighted by Gasteiger charge is 2.58. The third-order valence-corrected chi connectivity index (χ3v) is 17.1. The number of hydrogen-bond acceptors (Lipinski definition) is 4. The maximum atomic E-state index is 2.76. The predicted octanol–water partition coefficient (Wildman–Crippen LogP) is 14.8. The minimum Gasteiger partial charge on any atom is -0.334 e. The van der Waals surface area contributed by atoms with E-state index in [9.17, 15) is 0 Å². The van der Waals surface area contributed by atoms with Crippen molar-refractivity contribution in [1.29, 1.82) is 0 Å². The molecule has 0 amide bonds. The van der Waals surface area contributed by atoms with Gasteiger partial charge in [0, 0.05) is 65.4 Å². The summed E-state index contributed by atoms with van der Waals surface area (Å²) in [5, 5.41) is 2.64. The van der Waals surface area contributed by atoms with Gasteiger partial charge in [-0.25, -0.2) is 0 Å². The zero-order valence-corrected chi connectivity index (χ0v) is 39.8. The normalized spacial score (nSPS) is 20.0. The molecule has 1 saturated carbocycles. The molecule has 12 rings (SSSR count). The maximum absolute atomic E-state index is 2.76. The molecule has 2 atom stereocenters. The van der Waals surface area contributed by atoms with Gasteiger partial charge in [0.25, 0.3) is 6.71 Å². The van der Waals surface area contributed by atoms with Crippen molar-refractivity contribution in [2.24, 2.45) is 0 Å². The summed E-state index contributed by atoms with van der Waals surface area (Å²) in [7, 11) is 0. The molecule has 8 aromatic rings. The van der Waals surface area contributed by atoms with Gasteiger partial charge >= 0.3 is 0 Å². The van der Waals surface area contributed by atoms with Gasteiger partial charge in [-0.1, -0.05) is 134 Å². The smallest absolute Gasteiger partial charge is 0.252 e. The average Bonchev–Trinajstić information content (AvgIpc) is 3.75. The summed E-state index contributed by atoms with van der Waals surface area (Å²) in [6, 6.07) is 54.5. The Bertz CT molecular complexity index is 3240. The Labute approximate surface area is 384 Å². The lowest BCUT2D eigenvalue weighted by Crippen LogP contribution is -2.61. The summed E-state index contributed by atoms with van der Waals surface area (Å²) in [4.78, 5) is 8.03. The molecule has 3 aliphatic heterocycles. The van der Waals surface area contributed by atoms with E-state index >= 15 is 0 Å². The van der Waals surface area contributed by atoms with Crippen LogP contribution in [0.3, 0.4) is 0 Å². The molecule has 2 unspecified atom stereocenters. The molecular formula is C59H58BN3S. The van der Waals surface area contributed by atoms with Crippen molar-refractivity contribution >= 4 is 100 Å². The third kappa shape index (κ3) is 5.52. The van der Waals surface area contributed by atoms with Crippen LogP contribution in [-0.4, -0.2) is 12.3 Å². The number of benzene rings is 7. The number of fused-ring (bicyclic) bond motifs is 10. The van der Waals surface area contributed by atoms with Gasteiger partial charge in [-0.2, -0.15) is 0 Å². The number of rotatable bonds is 3. The van der Waals surface area contributed by atoms with Gasteiger partial charge in [-0.05, 0) is 143 Å². The first-order chi connectivity index (χ1) is 30.7. The topological polar surface area (TPSA) is 9.72 Å². The zero-order chi connectivity index (χ0) is 44.1. The second kappa shape index (κ2) is 13.6. The third-order valence-electron chi connectivity index (χ3n) is 15.9. The molecule has 7 aromatic carbocycles. The van der Waals surface area contributed by atoms with Crippen molar-refractivity contribution < 1.29 is 0 Å². The second-order valence-electron chi connectivity index (χ2n) is 21.8. The van der Waals surface area contributed by atoms with Gasteiger partial charge in [0.15, 0.2) is 0 Å². The van der Waals surface area contributed by atoms with Crippen LogP contribution < -0.4 is 31.1 Å². The maximum Gasteiger partial charge on any atom is 0.252 e. The quantitative estimate of drug-likeness (QED) is 0.164. The average molecular weight is 852 g/mol. The van der Waals surface area contributed by atoms with Crippen LogP contribution in [0.4, 0.5) is 45.5 Å². The molecule has 64 heavy (non-hydrogen) atoms. The summed E-state index contributed by atoms with van der Waals surface area (Å²) in [6.45, 7) is 21.4. The molecule has 0 radical (unpaired) electrons. The molecule has 318 valence electrons. The number of nitrogens with zero attached hydrogens (tertiary/aromatic N) is 3. The van der Waals surface area contributed by atoms with Crippen LogP contribution in [0.2, 0.25) is 0 Å². The van der Waals surface area contributed by atoms with Crippen molar-refractivity contribution in [3.05, 3.63) is 162 Å². The Hall–Kier alpha value is -5.78. The molecule has 5 heteroatoms. The summed E-state index contributed by atoms with van der Waals surface area (Å²) < 4.78 is 2.64. The number of para-hydroxylation sites is 1. The fraction of sp³-hybridized carbons (Fsp3) is 0.288. The first kappa shape index (κ1) is 39.8. The van der Waals surface area contributed by atoms with E-state index in [2.05, 4.69) is 217 Å². The number of thiophene rings is 1. The van der Waals surface area contributed by atoms with E-state index in [-0.39, 0.29) is 28.5 Å². The highest BCUT2D eigenvalue weighted by Crippen LogP contribution is 2.61. The van der Waals surface area contributed by atoms with Crippen molar-refractivity contribution in [1.82, 2.24) is 0 Å². The number of anilines is 8. The molecule has 1 aliphatic carbocycles. The van der Waals surface area contributed by atoms with Gasteiger partial charge < -0.3 is 14.7 Å². The van der Waals surface area contributed by atoms with E-state index in [4.69, 9.17) is 0 Å². The lowest BCUT2D eigenvalue weighted by Gasteiger charge is -2.50. The second-order valence-corrected chi connectivity index (χ2v) is 22.9. The van der Waals surface area contributed by atoms with Crippen LogP contribution in [0, 0.1) is 6.92 Å². The summed E-state index contributed by atoms with van der Waals surface area (Å²) in [6.07, 6.45) is 4.91. The van der Waals surface area contributed by atoms with Crippen LogP contribution >= 0.6 is 11.3 Å². The molecule has 1 fully saturated rings. The molecule has 0 spiro atoms. The Balaban J connectivity index is 1.18. The largest absolute Gasteiger partial charge is 0.334 e. The summed E-state index contributed by atoms with van der Waals surface area (Å²) in [5.41, 5.74) is 19.7. The van der Waals surface area contributed by atoms with Crippen molar-refractivity contribution in [3.8, 4) is 0 Å². The summed E-state index contributed by atoms with van der Waals surface area (Å²) in [5.74, 6) is 0. The lowest BCUT2D eigenvalue weighted by atomic mass is 9.33. The minimum absolute atomic E-state index is 0.00781. The first-order valence-corrected chi connectivity index (χ1v) is 24.4. The molecule has 3 nitrogen and oxygen atoms in total. The van der Waals surface area contributed by atoms with Gasteiger partial charge in [-0.3, -0.25) is 0 Å². The molecular weight excluding hydrogens is 794 g/mol. The van der Waals surface area contributed by atoms with E-state index in [0.717, 1.165) is 0 Å². The molecule has 0 N–H and O–H groups in total. The van der Waals surface area contributed by atoms with Crippen LogP contribution in [-0.2, 0) is 16.2 Å². The van der Waals surface area contributed by atoms with Crippen LogP contribution in [0.25, 0.3) is 20.2 Å². The van der Waals surface area contributed by atoms with E-state index in [1.807, 2.05) is 11.3 Å². The van der Waals surface area contributed by atoms with Crippen LogP contribution in [0.1, 0.15) is 103 Å². The Morgan fingerprint density at radius 3 is 1.97 bits per heavy atom. The molecule has 4 heterocycles. The minimum atomic E-state index is -0.0448. The highest BCUT2D eigenvalue weighted by atomic mass is 32.1. The lowest BCUT2D eigenvalue weighted by molar-refractivity contribution is 0.195. The van der Waals surface area contributed by atoms with Crippen molar-refractivity contribution in [3.63, 3.8) is 0 Å². The SMILES string of the molecule is Cc1cc2c3c(c1)N(c1cccc4sc5ccccc5c14)c1cc(N4c5ccccc5C5(C)CCCCC45C)ccc1B3c1ccc(C(C)(C)C)cc1N2c1cccc(C(C)(C)C)c1. The van der Waals surface area contributed by atoms with E-state index in [1.54, 1.807) is 0 Å². The first-order valence-electron chi connectivity index (χ1n) is 23.6. The number of hydrogen-bond donors (Lipinski definition) is 0. The molecule has 0 saturated heterocycles. The summed E-state index contributed by atoms with van der Waals surface area (Å²) >= 11 is 1.90. The predicted molar refractivity (Wildman–Crippen MR) is 278 cm³/mol. The zero-order valence-electron chi connectivity index (χ0n) is 38.9. The van der Waals surface area contributed by atoms with Crippen molar-refractivity contribution in [2.45, 2.75) is 110 Å².